The van der Waals surface area contributed by atoms with Gasteiger partial charge < -0.3 is 14.8 Å². The van der Waals surface area contributed by atoms with E-state index in [0.29, 0.717) is 30.0 Å². The normalized spacial score (nSPS) is 10.1. The van der Waals surface area contributed by atoms with Crippen molar-refractivity contribution < 1.29 is 19.1 Å². The summed E-state index contributed by atoms with van der Waals surface area (Å²) in [6.07, 6.45) is 0.792. The topological polar surface area (TPSA) is 64.6 Å². The first-order chi connectivity index (χ1) is 11.6. The van der Waals surface area contributed by atoms with E-state index >= 15 is 0 Å². The highest BCUT2D eigenvalue weighted by atomic mass is 79.9. The molecule has 0 heterocycles. The van der Waals surface area contributed by atoms with Crippen LogP contribution in [0.1, 0.15) is 23.2 Å². The van der Waals surface area contributed by atoms with E-state index in [2.05, 4.69) is 26.0 Å². The van der Waals surface area contributed by atoms with Gasteiger partial charge in [-0.2, -0.15) is 0 Å². The van der Waals surface area contributed by atoms with Gasteiger partial charge in [-0.1, -0.05) is 34.1 Å². The lowest BCUT2D eigenvalue weighted by Gasteiger charge is -2.11. The summed E-state index contributed by atoms with van der Waals surface area (Å²) in [4.78, 5) is 23.4. The second-order valence-electron chi connectivity index (χ2n) is 4.99. The molecule has 0 saturated heterocycles. The average Bonchev–Trinajstić information content (AvgIpc) is 2.58. The van der Waals surface area contributed by atoms with E-state index in [0.717, 1.165) is 4.47 Å². The van der Waals surface area contributed by atoms with Crippen molar-refractivity contribution in [3.05, 3.63) is 58.6 Å². The van der Waals surface area contributed by atoms with Crippen molar-refractivity contribution in [1.82, 2.24) is 5.32 Å². The van der Waals surface area contributed by atoms with Crippen molar-refractivity contribution in [1.29, 1.82) is 0 Å². The second kappa shape index (κ2) is 9.08. The number of hydrogen-bond acceptors (Lipinski definition) is 4. The Kier molecular flexibility index (Phi) is 6.81. The van der Waals surface area contributed by atoms with Crippen LogP contribution in [0, 0.1) is 0 Å². The van der Waals surface area contributed by atoms with Crippen molar-refractivity contribution in [3.63, 3.8) is 0 Å². The maximum Gasteiger partial charge on any atom is 0.305 e. The van der Waals surface area contributed by atoms with E-state index in [1.807, 2.05) is 24.3 Å². The number of rotatable bonds is 7. The van der Waals surface area contributed by atoms with Crippen molar-refractivity contribution in [2.75, 3.05) is 13.7 Å². The van der Waals surface area contributed by atoms with Gasteiger partial charge in [0.25, 0.3) is 5.91 Å². The Bertz CT molecular complexity index is 718. The molecule has 126 valence electrons. The summed E-state index contributed by atoms with van der Waals surface area (Å²) in [5.74, 6) is 0.574. The highest BCUT2D eigenvalue weighted by Gasteiger charge is 2.12. The molecular formula is C18H18BrNO4. The smallest absolute Gasteiger partial charge is 0.305 e. The molecule has 0 atom stereocenters. The van der Waals surface area contributed by atoms with E-state index in [-0.39, 0.29) is 18.3 Å². The van der Waals surface area contributed by atoms with Crippen LogP contribution in [0.3, 0.4) is 0 Å². The van der Waals surface area contributed by atoms with Gasteiger partial charge in [0, 0.05) is 17.4 Å². The quantitative estimate of drug-likeness (QED) is 0.573. The van der Waals surface area contributed by atoms with Crippen LogP contribution in [-0.4, -0.2) is 25.5 Å². The van der Waals surface area contributed by atoms with Crippen LogP contribution >= 0.6 is 15.9 Å². The lowest BCUT2D eigenvalue weighted by atomic mass is 10.2. The Morgan fingerprint density at radius 1 is 1.12 bits per heavy atom. The highest BCUT2D eigenvalue weighted by Crippen LogP contribution is 2.27. The third-order valence-electron chi connectivity index (χ3n) is 3.23. The number of carbonyl (C=O) groups is 2. The van der Waals surface area contributed by atoms with E-state index < -0.39 is 0 Å². The Morgan fingerprint density at radius 2 is 1.92 bits per heavy atom. The van der Waals surface area contributed by atoms with Crippen molar-refractivity contribution in [3.8, 4) is 11.5 Å². The van der Waals surface area contributed by atoms with Gasteiger partial charge in [0.1, 0.15) is 11.5 Å². The number of amides is 1. The minimum absolute atomic E-state index is 0.245. The fourth-order valence-electron chi connectivity index (χ4n) is 2.03. The third kappa shape index (κ3) is 5.38. The summed E-state index contributed by atoms with van der Waals surface area (Å²) in [6.45, 7) is 0.388. The van der Waals surface area contributed by atoms with Gasteiger partial charge in [-0.05, 0) is 36.8 Å². The van der Waals surface area contributed by atoms with Crippen LogP contribution in [0.4, 0.5) is 0 Å². The first-order valence-electron chi connectivity index (χ1n) is 7.47. The van der Waals surface area contributed by atoms with Gasteiger partial charge >= 0.3 is 5.97 Å². The number of esters is 1. The maximum absolute atomic E-state index is 12.3. The van der Waals surface area contributed by atoms with Gasteiger partial charge in [0.05, 0.1) is 12.7 Å². The van der Waals surface area contributed by atoms with Crippen LogP contribution in [0.25, 0.3) is 0 Å². The number of methoxy groups -OCH3 is 1. The van der Waals surface area contributed by atoms with Gasteiger partial charge in [-0.25, -0.2) is 0 Å². The molecule has 2 rings (SSSR count). The standard InChI is InChI=1S/C18H18BrNO4/c1-23-17(21)10-5-11-20-18(22)15-8-2-3-9-16(15)24-14-7-4-6-13(19)12-14/h2-4,6-9,12H,5,10-11H2,1H3,(H,20,22). The molecule has 0 radical (unpaired) electrons. The fraction of sp³-hybridized carbons (Fsp3) is 0.222. The Hall–Kier alpha value is -2.34. The summed E-state index contributed by atoms with van der Waals surface area (Å²) in [7, 11) is 1.34. The molecule has 24 heavy (non-hydrogen) atoms. The Morgan fingerprint density at radius 3 is 2.67 bits per heavy atom. The minimum Gasteiger partial charge on any atom is -0.469 e. The van der Waals surface area contributed by atoms with Gasteiger partial charge in [-0.3, -0.25) is 9.59 Å². The highest BCUT2D eigenvalue weighted by molar-refractivity contribution is 9.10. The number of halogens is 1. The first-order valence-corrected chi connectivity index (χ1v) is 8.27. The van der Waals surface area contributed by atoms with Gasteiger partial charge in [0.15, 0.2) is 0 Å². The Labute approximate surface area is 149 Å². The Balaban J connectivity index is 2.00. The fourth-order valence-corrected chi connectivity index (χ4v) is 2.41. The molecule has 1 amide bonds. The predicted octanol–water partition coefficient (Wildman–Crippen LogP) is 3.92. The number of ether oxygens (including phenoxy) is 2. The SMILES string of the molecule is COC(=O)CCCNC(=O)c1ccccc1Oc1cccc(Br)c1. The first kappa shape index (κ1) is 18.0. The number of benzene rings is 2. The molecule has 0 aliphatic carbocycles. The number of hydrogen-bond donors (Lipinski definition) is 1. The zero-order chi connectivity index (χ0) is 17.4. The largest absolute Gasteiger partial charge is 0.469 e. The van der Waals surface area contributed by atoms with Gasteiger partial charge in [-0.15, -0.1) is 0 Å². The summed E-state index contributed by atoms with van der Waals surface area (Å²) in [6, 6.07) is 14.4. The van der Waals surface area contributed by atoms with Crippen molar-refractivity contribution in [2.45, 2.75) is 12.8 Å². The summed E-state index contributed by atoms with van der Waals surface area (Å²) < 4.78 is 11.3. The molecule has 2 aromatic carbocycles. The molecule has 0 spiro atoms. The molecule has 0 aliphatic rings. The van der Waals surface area contributed by atoms with E-state index in [1.165, 1.54) is 7.11 Å². The van der Waals surface area contributed by atoms with E-state index in [1.54, 1.807) is 24.3 Å². The second-order valence-corrected chi connectivity index (χ2v) is 5.91. The van der Waals surface area contributed by atoms with Crippen LogP contribution in [0.2, 0.25) is 0 Å². The lowest BCUT2D eigenvalue weighted by molar-refractivity contribution is -0.140. The van der Waals surface area contributed by atoms with Crippen LogP contribution in [-0.2, 0) is 9.53 Å². The molecule has 5 nitrogen and oxygen atoms in total. The van der Waals surface area contributed by atoms with Crippen LogP contribution in [0.5, 0.6) is 11.5 Å². The average molecular weight is 392 g/mol. The minimum atomic E-state index is -0.289. The molecule has 0 aliphatic heterocycles. The van der Waals surface area contributed by atoms with Gasteiger partial charge in [0.2, 0.25) is 0 Å². The molecule has 0 saturated carbocycles. The third-order valence-corrected chi connectivity index (χ3v) is 3.72. The molecule has 6 heteroatoms. The molecule has 0 unspecified atom stereocenters. The molecule has 0 fully saturated rings. The lowest BCUT2D eigenvalue weighted by Crippen LogP contribution is -2.25. The molecule has 1 N–H and O–H groups in total. The number of nitrogens with one attached hydrogen (secondary N) is 1. The molecule has 0 bridgehead atoms. The number of carbonyl (C=O) groups excluding carboxylic acids is 2. The van der Waals surface area contributed by atoms with Crippen LogP contribution < -0.4 is 10.1 Å². The van der Waals surface area contributed by atoms with E-state index in [9.17, 15) is 9.59 Å². The molecule has 2 aromatic rings. The zero-order valence-corrected chi connectivity index (χ0v) is 14.8. The monoisotopic (exact) mass is 391 g/mol. The van der Waals surface area contributed by atoms with E-state index in [4.69, 9.17) is 4.74 Å². The molecular weight excluding hydrogens is 374 g/mol. The van der Waals surface area contributed by atoms with Crippen LogP contribution in [0.15, 0.2) is 53.0 Å². The zero-order valence-electron chi connectivity index (χ0n) is 13.3. The number of para-hydroxylation sites is 1. The molecule has 0 aromatic heterocycles. The maximum atomic E-state index is 12.3. The summed E-state index contributed by atoms with van der Waals surface area (Å²) >= 11 is 3.39. The predicted molar refractivity (Wildman–Crippen MR) is 94.2 cm³/mol. The van der Waals surface area contributed by atoms with Crippen molar-refractivity contribution in [2.24, 2.45) is 0 Å². The van der Waals surface area contributed by atoms with Crippen molar-refractivity contribution >= 4 is 27.8 Å². The summed E-state index contributed by atoms with van der Waals surface area (Å²) in [5, 5.41) is 2.78. The summed E-state index contributed by atoms with van der Waals surface area (Å²) in [5.41, 5.74) is 0.440.